The van der Waals surface area contributed by atoms with E-state index in [1.165, 1.54) is 6.33 Å². The molecule has 136 valence electrons. The minimum Gasteiger partial charge on any atom is -0.497 e. The zero-order valence-electron chi connectivity index (χ0n) is 14.4. The van der Waals surface area contributed by atoms with Crippen LogP contribution in [0.5, 0.6) is 17.5 Å². The van der Waals surface area contributed by atoms with Crippen LogP contribution in [0.1, 0.15) is 31.7 Å². The molecule has 0 spiro atoms. The van der Waals surface area contributed by atoms with Crippen LogP contribution < -0.4 is 15.2 Å². The molecule has 3 aromatic heterocycles. The van der Waals surface area contributed by atoms with E-state index in [0.717, 1.165) is 25.7 Å². The molecule has 1 aliphatic rings. The number of nitrogens with zero attached hydrogens (tertiary/aromatic N) is 5. The smallest absolute Gasteiger partial charge is 0.253 e. The van der Waals surface area contributed by atoms with Gasteiger partial charge in [0.05, 0.1) is 19.3 Å². The molecule has 4 rings (SSSR count). The molecule has 3 N–H and O–H groups in total. The van der Waals surface area contributed by atoms with Gasteiger partial charge in [0.15, 0.2) is 5.65 Å². The molecule has 26 heavy (non-hydrogen) atoms. The Morgan fingerprint density at radius 3 is 2.88 bits per heavy atom. The number of methoxy groups -OCH3 is 1. The Morgan fingerprint density at radius 1 is 1.23 bits per heavy atom. The Bertz CT molecular complexity index is 928. The van der Waals surface area contributed by atoms with Gasteiger partial charge in [0, 0.05) is 12.3 Å². The molecule has 1 saturated carbocycles. The molecule has 0 amide bonds. The maximum Gasteiger partial charge on any atom is 0.253 e. The lowest BCUT2D eigenvalue weighted by molar-refractivity contribution is 0.0708. The molecule has 0 saturated heterocycles. The number of anilines is 1. The average molecular weight is 356 g/mol. The van der Waals surface area contributed by atoms with Crippen molar-refractivity contribution < 1.29 is 14.6 Å². The molecule has 2 atom stereocenters. The number of hydrogen-bond acceptors (Lipinski definition) is 8. The number of pyridine rings is 1. The Morgan fingerprint density at radius 2 is 2.08 bits per heavy atom. The van der Waals surface area contributed by atoms with Crippen molar-refractivity contribution in [3.05, 3.63) is 24.7 Å². The van der Waals surface area contributed by atoms with Crippen LogP contribution in [-0.4, -0.2) is 43.1 Å². The number of rotatable bonds is 4. The average Bonchev–Trinajstić information content (AvgIpc) is 3.02. The predicted molar refractivity (Wildman–Crippen MR) is 94.1 cm³/mol. The van der Waals surface area contributed by atoms with Crippen molar-refractivity contribution in [3.8, 4) is 17.5 Å². The summed E-state index contributed by atoms with van der Waals surface area (Å²) in [5.41, 5.74) is 6.60. The summed E-state index contributed by atoms with van der Waals surface area (Å²) < 4.78 is 12.7. The summed E-state index contributed by atoms with van der Waals surface area (Å²) in [6, 6.07) is 3.20. The molecular weight excluding hydrogens is 336 g/mol. The molecule has 1 aliphatic carbocycles. The maximum atomic E-state index is 10.4. The molecule has 0 aliphatic heterocycles. The van der Waals surface area contributed by atoms with Gasteiger partial charge in [-0.3, -0.25) is 0 Å². The third-order valence-electron chi connectivity index (χ3n) is 4.64. The molecule has 0 radical (unpaired) electrons. The van der Waals surface area contributed by atoms with Crippen LogP contribution in [0, 0.1) is 0 Å². The fourth-order valence-electron chi connectivity index (χ4n) is 3.32. The van der Waals surface area contributed by atoms with Crippen molar-refractivity contribution in [2.45, 2.75) is 37.8 Å². The van der Waals surface area contributed by atoms with Crippen LogP contribution in [0.4, 0.5) is 5.82 Å². The second-order valence-corrected chi connectivity index (χ2v) is 6.26. The molecule has 1 fully saturated rings. The lowest BCUT2D eigenvalue weighted by Crippen LogP contribution is -2.28. The van der Waals surface area contributed by atoms with Gasteiger partial charge in [0.1, 0.15) is 23.3 Å². The minimum atomic E-state index is -0.481. The number of aliphatic hydroxyl groups is 1. The normalized spacial score (nSPS) is 20.2. The Kier molecular flexibility index (Phi) is 4.29. The molecule has 3 aromatic rings. The molecule has 9 heteroatoms. The highest BCUT2D eigenvalue weighted by Crippen LogP contribution is 2.36. The Hall–Kier alpha value is -2.94. The van der Waals surface area contributed by atoms with E-state index < -0.39 is 6.10 Å². The number of aromatic nitrogens is 5. The van der Waals surface area contributed by atoms with Crippen LogP contribution in [0.25, 0.3) is 11.0 Å². The monoisotopic (exact) mass is 356 g/mol. The SMILES string of the molecule is COc1ccnc(Oc2nn(C3CCCCC3O)c3ncnc(N)c23)c1. The lowest BCUT2D eigenvalue weighted by Gasteiger charge is -2.27. The summed E-state index contributed by atoms with van der Waals surface area (Å²) in [6.07, 6.45) is 6.07. The summed E-state index contributed by atoms with van der Waals surface area (Å²) in [5.74, 6) is 1.47. The molecule has 3 heterocycles. The van der Waals surface area contributed by atoms with Gasteiger partial charge >= 0.3 is 0 Å². The summed E-state index contributed by atoms with van der Waals surface area (Å²) in [7, 11) is 1.57. The van der Waals surface area contributed by atoms with Crippen molar-refractivity contribution in [2.75, 3.05) is 12.8 Å². The van der Waals surface area contributed by atoms with Gasteiger partial charge in [0.2, 0.25) is 5.88 Å². The lowest BCUT2D eigenvalue weighted by atomic mass is 9.93. The van der Waals surface area contributed by atoms with E-state index in [-0.39, 0.29) is 17.7 Å². The minimum absolute atomic E-state index is 0.170. The topological polar surface area (TPSA) is 121 Å². The standard InChI is InChI=1S/C17H20N6O3/c1-25-10-6-7-19-13(8-10)26-17-14-15(18)20-9-21-16(14)23(22-17)11-4-2-3-5-12(11)24/h6-9,11-12,24H,2-5H2,1H3,(H2,18,20,21). The predicted octanol–water partition coefficient (Wildman–Crippen LogP) is 2.08. The van der Waals surface area contributed by atoms with Gasteiger partial charge in [-0.15, -0.1) is 5.10 Å². The number of aliphatic hydroxyl groups excluding tert-OH is 1. The fourth-order valence-corrected chi connectivity index (χ4v) is 3.32. The summed E-state index contributed by atoms with van der Waals surface area (Å²) >= 11 is 0. The van der Waals surface area contributed by atoms with Gasteiger partial charge in [-0.1, -0.05) is 12.8 Å². The number of hydrogen-bond donors (Lipinski definition) is 2. The van der Waals surface area contributed by atoms with Crippen molar-refractivity contribution in [1.82, 2.24) is 24.7 Å². The highest BCUT2D eigenvalue weighted by atomic mass is 16.5. The molecular formula is C17H20N6O3. The summed E-state index contributed by atoms with van der Waals surface area (Å²) in [5, 5.41) is 15.5. The number of fused-ring (bicyclic) bond motifs is 1. The zero-order valence-corrected chi connectivity index (χ0v) is 14.4. The van der Waals surface area contributed by atoms with Gasteiger partial charge in [-0.2, -0.15) is 0 Å². The molecule has 2 unspecified atom stereocenters. The van der Waals surface area contributed by atoms with Crippen molar-refractivity contribution in [1.29, 1.82) is 0 Å². The van der Waals surface area contributed by atoms with Crippen LogP contribution >= 0.6 is 0 Å². The van der Waals surface area contributed by atoms with E-state index in [1.54, 1.807) is 30.1 Å². The number of nitrogens with two attached hydrogens (primary N) is 1. The highest BCUT2D eigenvalue weighted by molar-refractivity contribution is 5.90. The van der Waals surface area contributed by atoms with E-state index in [1.807, 2.05) is 0 Å². The van der Waals surface area contributed by atoms with Crippen molar-refractivity contribution in [3.63, 3.8) is 0 Å². The third kappa shape index (κ3) is 2.90. The fraction of sp³-hybridized carbons (Fsp3) is 0.412. The maximum absolute atomic E-state index is 10.4. The van der Waals surface area contributed by atoms with Gasteiger partial charge in [0.25, 0.3) is 5.88 Å². The molecule has 9 nitrogen and oxygen atoms in total. The third-order valence-corrected chi connectivity index (χ3v) is 4.64. The zero-order chi connectivity index (χ0) is 18.1. The van der Waals surface area contributed by atoms with Crippen LogP contribution in [0.15, 0.2) is 24.7 Å². The van der Waals surface area contributed by atoms with Gasteiger partial charge in [-0.05, 0) is 18.9 Å². The summed E-state index contributed by atoms with van der Waals surface area (Å²) in [6.45, 7) is 0. The van der Waals surface area contributed by atoms with E-state index in [4.69, 9.17) is 15.2 Å². The van der Waals surface area contributed by atoms with Crippen molar-refractivity contribution >= 4 is 16.9 Å². The van der Waals surface area contributed by atoms with Crippen LogP contribution in [0.2, 0.25) is 0 Å². The largest absolute Gasteiger partial charge is 0.497 e. The number of ether oxygens (including phenoxy) is 2. The Balaban J connectivity index is 1.79. The van der Waals surface area contributed by atoms with E-state index in [9.17, 15) is 5.11 Å². The first-order valence-electron chi connectivity index (χ1n) is 8.52. The second-order valence-electron chi connectivity index (χ2n) is 6.26. The first kappa shape index (κ1) is 16.5. The van der Waals surface area contributed by atoms with E-state index >= 15 is 0 Å². The first-order valence-corrected chi connectivity index (χ1v) is 8.52. The number of nitrogen functional groups attached to an aromatic ring is 1. The highest BCUT2D eigenvalue weighted by Gasteiger charge is 2.29. The van der Waals surface area contributed by atoms with Gasteiger partial charge < -0.3 is 20.3 Å². The van der Waals surface area contributed by atoms with Crippen LogP contribution in [0.3, 0.4) is 0 Å². The molecule has 0 aromatic carbocycles. The molecule has 0 bridgehead atoms. The second kappa shape index (κ2) is 6.75. The van der Waals surface area contributed by atoms with Crippen molar-refractivity contribution in [2.24, 2.45) is 0 Å². The Labute approximate surface area is 149 Å². The first-order chi connectivity index (χ1) is 12.7. The van der Waals surface area contributed by atoms with Crippen LogP contribution in [-0.2, 0) is 0 Å². The van der Waals surface area contributed by atoms with E-state index in [2.05, 4.69) is 20.1 Å². The summed E-state index contributed by atoms with van der Waals surface area (Å²) in [4.78, 5) is 12.5. The van der Waals surface area contributed by atoms with Gasteiger partial charge in [-0.25, -0.2) is 19.6 Å². The quantitative estimate of drug-likeness (QED) is 0.729. The van der Waals surface area contributed by atoms with E-state index in [0.29, 0.717) is 22.7 Å².